The fourth-order valence-corrected chi connectivity index (χ4v) is 7.31. The number of hydrogen-bond acceptors (Lipinski definition) is 7. The number of rotatable bonds is 44. The standard InChI is InChI=1S/C45H88NO7P/c1-3-5-7-9-11-13-15-17-19-21-22-23-24-26-28-30-32-34-36-38-45(47)53-44(43-52-54(48,49)51-41-39-46)42-50-40-37-35-33-31-29-27-25-20-18-16-14-12-10-8-6-4-2/h14,16,37,40,44H,3-13,15,17-36,38-39,41-43,46H2,1-2H3,(H,48,49)/t44-/m1/s1. The van der Waals surface area contributed by atoms with Crippen molar-refractivity contribution < 1.29 is 32.8 Å². The van der Waals surface area contributed by atoms with Gasteiger partial charge in [0.05, 0.1) is 19.5 Å². The second-order valence-electron chi connectivity index (χ2n) is 15.3. The Balaban J connectivity index is 4.02. The molecule has 8 nitrogen and oxygen atoms in total. The van der Waals surface area contributed by atoms with E-state index >= 15 is 0 Å². The first kappa shape index (κ1) is 52.8. The van der Waals surface area contributed by atoms with Crippen LogP contribution in [-0.4, -0.2) is 43.3 Å². The molecular formula is C45H88NO7P. The average Bonchev–Trinajstić information content (AvgIpc) is 3.16. The summed E-state index contributed by atoms with van der Waals surface area (Å²) in [5.41, 5.74) is 5.37. The Morgan fingerprint density at radius 3 is 1.39 bits per heavy atom. The van der Waals surface area contributed by atoms with Gasteiger partial charge in [-0.3, -0.25) is 13.8 Å². The van der Waals surface area contributed by atoms with Crippen LogP contribution in [0.5, 0.6) is 0 Å². The number of carbonyl (C=O) groups is 1. The summed E-state index contributed by atoms with van der Waals surface area (Å²) < 4.78 is 33.2. The first-order valence-electron chi connectivity index (χ1n) is 22.9. The number of ether oxygens (including phenoxy) is 2. The Hall–Kier alpha value is -1.18. The van der Waals surface area contributed by atoms with Gasteiger partial charge in [0, 0.05) is 13.0 Å². The van der Waals surface area contributed by atoms with E-state index in [9.17, 15) is 14.3 Å². The van der Waals surface area contributed by atoms with Gasteiger partial charge in [0.2, 0.25) is 0 Å². The fraction of sp³-hybridized carbons (Fsp3) is 0.889. The highest BCUT2D eigenvalue weighted by molar-refractivity contribution is 7.47. The van der Waals surface area contributed by atoms with Crippen molar-refractivity contribution in [3.63, 3.8) is 0 Å². The summed E-state index contributed by atoms with van der Waals surface area (Å²) in [6.45, 7) is 4.26. The van der Waals surface area contributed by atoms with Gasteiger partial charge in [-0.2, -0.15) is 0 Å². The Kier molecular flexibility index (Phi) is 42.0. The van der Waals surface area contributed by atoms with Gasteiger partial charge in [0.1, 0.15) is 6.61 Å². The van der Waals surface area contributed by atoms with Crippen LogP contribution in [-0.2, 0) is 27.9 Å². The smallest absolute Gasteiger partial charge is 0.472 e. The van der Waals surface area contributed by atoms with E-state index in [1.165, 1.54) is 173 Å². The number of phosphoric ester groups is 1. The number of carbonyl (C=O) groups excluding carboxylic acids is 1. The van der Waals surface area contributed by atoms with Gasteiger partial charge in [0.25, 0.3) is 0 Å². The summed E-state index contributed by atoms with van der Waals surface area (Å²) in [6.07, 6.45) is 48.6. The van der Waals surface area contributed by atoms with Crippen molar-refractivity contribution in [2.75, 3.05) is 26.4 Å². The number of unbranched alkanes of at least 4 members (excludes halogenated alkanes) is 29. The second kappa shape index (κ2) is 43.0. The van der Waals surface area contributed by atoms with Gasteiger partial charge in [-0.05, 0) is 51.0 Å². The largest absolute Gasteiger partial charge is 0.498 e. The Morgan fingerprint density at radius 2 is 0.944 bits per heavy atom. The lowest BCUT2D eigenvalue weighted by Gasteiger charge is -2.19. The summed E-state index contributed by atoms with van der Waals surface area (Å²) in [5.74, 6) is -0.350. The van der Waals surface area contributed by atoms with E-state index in [4.69, 9.17) is 24.3 Å². The molecule has 0 bridgehead atoms. The van der Waals surface area contributed by atoms with Crippen LogP contribution in [0.15, 0.2) is 24.5 Å². The summed E-state index contributed by atoms with van der Waals surface area (Å²) >= 11 is 0. The Bertz CT molecular complexity index is 884. The van der Waals surface area contributed by atoms with Gasteiger partial charge in [-0.25, -0.2) is 4.57 Å². The highest BCUT2D eigenvalue weighted by atomic mass is 31.2. The molecule has 1 unspecified atom stereocenters. The van der Waals surface area contributed by atoms with Crippen molar-refractivity contribution in [1.29, 1.82) is 0 Å². The minimum Gasteiger partial charge on any atom is -0.498 e. The summed E-state index contributed by atoms with van der Waals surface area (Å²) in [4.78, 5) is 22.5. The third kappa shape index (κ3) is 42.0. The normalized spacial score (nSPS) is 13.6. The molecule has 0 saturated heterocycles. The van der Waals surface area contributed by atoms with E-state index in [0.29, 0.717) is 6.42 Å². The van der Waals surface area contributed by atoms with Crippen molar-refractivity contribution in [3.05, 3.63) is 24.5 Å². The molecule has 0 aromatic carbocycles. The van der Waals surface area contributed by atoms with Crippen molar-refractivity contribution in [2.24, 2.45) is 5.73 Å². The zero-order valence-electron chi connectivity index (χ0n) is 35.5. The van der Waals surface area contributed by atoms with Crippen LogP contribution in [0.2, 0.25) is 0 Å². The molecule has 3 N–H and O–H groups in total. The lowest BCUT2D eigenvalue weighted by molar-refractivity contribution is -0.153. The van der Waals surface area contributed by atoms with Crippen LogP contribution in [0.25, 0.3) is 0 Å². The zero-order chi connectivity index (χ0) is 39.5. The van der Waals surface area contributed by atoms with Gasteiger partial charge in [0.15, 0.2) is 6.10 Å². The van der Waals surface area contributed by atoms with Gasteiger partial charge in [-0.1, -0.05) is 187 Å². The molecule has 0 amide bonds. The molecule has 0 aliphatic heterocycles. The van der Waals surface area contributed by atoms with Crippen molar-refractivity contribution in [3.8, 4) is 0 Å². The first-order valence-corrected chi connectivity index (χ1v) is 24.4. The minimum atomic E-state index is -4.29. The summed E-state index contributed by atoms with van der Waals surface area (Å²) in [5, 5.41) is 0. The molecule has 0 saturated carbocycles. The first-order chi connectivity index (χ1) is 26.4. The fourth-order valence-electron chi connectivity index (χ4n) is 6.55. The highest BCUT2D eigenvalue weighted by Crippen LogP contribution is 2.43. The van der Waals surface area contributed by atoms with Crippen molar-refractivity contribution >= 4 is 13.8 Å². The van der Waals surface area contributed by atoms with Crippen molar-refractivity contribution in [1.82, 2.24) is 0 Å². The molecule has 0 aliphatic rings. The van der Waals surface area contributed by atoms with Gasteiger partial charge < -0.3 is 20.1 Å². The van der Waals surface area contributed by atoms with E-state index < -0.39 is 13.9 Å². The lowest BCUT2D eigenvalue weighted by Crippen LogP contribution is -2.27. The number of esters is 1. The van der Waals surface area contributed by atoms with Crippen LogP contribution in [0.4, 0.5) is 0 Å². The second-order valence-corrected chi connectivity index (χ2v) is 16.8. The van der Waals surface area contributed by atoms with E-state index in [0.717, 1.165) is 32.1 Å². The third-order valence-corrected chi connectivity index (χ3v) is 10.9. The molecule has 0 aromatic rings. The number of allylic oxidation sites excluding steroid dienone is 3. The maximum atomic E-state index is 12.6. The monoisotopic (exact) mass is 786 g/mol. The third-order valence-electron chi connectivity index (χ3n) is 9.94. The topological polar surface area (TPSA) is 117 Å². The molecule has 320 valence electrons. The Labute approximate surface area is 334 Å². The molecular weight excluding hydrogens is 697 g/mol. The van der Waals surface area contributed by atoms with Gasteiger partial charge >= 0.3 is 13.8 Å². The number of hydrogen-bond donors (Lipinski definition) is 2. The maximum absolute atomic E-state index is 12.6. The summed E-state index contributed by atoms with van der Waals surface area (Å²) in [7, 11) is -4.29. The molecule has 0 spiro atoms. The predicted octanol–water partition coefficient (Wildman–Crippen LogP) is 14.0. The van der Waals surface area contributed by atoms with E-state index in [1.807, 2.05) is 6.08 Å². The van der Waals surface area contributed by atoms with Crippen LogP contribution in [0.1, 0.15) is 226 Å². The average molecular weight is 786 g/mol. The molecule has 0 aliphatic carbocycles. The van der Waals surface area contributed by atoms with Crippen LogP contribution >= 0.6 is 7.82 Å². The van der Waals surface area contributed by atoms with E-state index in [1.54, 1.807) is 6.26 Å². The molecule has 9 heteroatoms. The maximum Gasteiger partial charge on any atom is 0.472 e. The zero-order valence-corrected chi connectivity index (χ0v) is 36.4. The Morgan fingerprint density at radius 1 is 0.556 bits per heavy atom. The lowest BCUT2D eigenvalue weighted by atomic mass is 10.0. The molecule has 0 aromatic heterocycles. The summed E-state index contributed by atoms with van der Waals surface area (Å²) in [6, 6.07) is 0. The van der Waals surface area contributed by atoms with Crippen LogP contribution in [0, 0.1) is 0 Å². The van der Waals surface area contributed by atoms with Crippen LogP contribution < -0.4 is 5.73 Å². The van der Waals surface area contributed by atoms with Gasteiger partial charge in [-0.15, -0.1) is 0 Å². The van der Waals surface area contributed by atoms with E-state index in [-0.39, 0.29) is 32.3 Å². The molecule has 2 atom stereocenters. The molecule has 0 heterocycles. The molecule has 0 rings (SSSR count). The number of nitrogens with two attached hydrogens (primary N) is 1. The molecule has 0 radical (unpaired) electrons. The van der Waals surface area contributed by atoms with E-state index in [2.05, 4.69) is 26.0 Å². The molecule has 54 heavy (non-hydrogen) atoms. The molecule has 0 fully saturated rings. The van der Waals surface area contributed by atoms with Crippen molar-refractivity contribution in [2.45, 2.75) is 232 Å². The van der Waals surface area contributed by atoms with Crippen LogP contribution in [0.3, 0.4) is 0 Å². The quantitative estimate of drug-likeness (QED) is 0.0206. The number of phosphoric acid groups is 1. The predicted molar refractivity (Wildman–Crippen MR) is 229 cm³/mol. The SMILES string of the molecule is CCCCCCC=CCCCCCCCCC=COC[C@H](COP(=O)(O)OCCN)OC(=O)CCCCCCCCCCCCCCCCCCCCC. The minimum absolute atomic E-state index is 0.0332. The highest BCUT2D eigenvalue weighted by Gasteiger charge is 2.25.